The molecule has 21 heavy (non-hydrogen) atoms. The van der Waals surface area contributed by atoms with Gasteiger partial charge in [0.25, 0.3) is 0 Å². The number of carbonyl (C=O) groups excluding carboxylic acids is 1. The second-order valence-corrected chi connectivity index (χ2v) is 5.58. The summed E-state index contributed by atoms with van der Waals surface area (Å²) < 4.78 is 13.5. The zero-order valence-electron chi connectivity index (χ0n) is 10.4. The molecule has 9 heteroatoms. The molecule has 0 aromatic heterocycles. The Hall–Kier alpha value is -1.93. The number of nitrogens with zero attached hydrogens (tertiary/aromatic N) is 2. The molecule has 1 aliphatic heterocycles. The van der Waals surface area contributed by atoms with Crippen LogP contribution in [-0.2, 0) is 9.59 Å². The lowest BCUT2D eigenvalue weighted by Gasteiger charge is -1.98. The van der Waals surface area contributed by atoms with Gasteiger partial charge in [-0.05, 0) is 12.1 Å². The molecule has 2 rings (SSSR count). The van der Waals surface area contributed by atoms with Crippen LogP contribution < -0.4 is 5.32 Å². The first-order valence-corrected chi connectivity index (χ1v) is 6.97. The van der Waals surface area contributed by atoms with E-state index in [-0.39, 0.29) is 22.2 Å². The van der Waals surface area contributed by atoms with E-state index in [0.717, 1.165) is 18.0 Å². The van der Waals surface area contributed by atoms with E-state index in [1.54, 1.807) is 0 Å². The van der Waals surface area contributed by atoms with Gasteiger partial charge in [0.05, 0.1) is 17.7 Å². The molecule has 1 amide bonds. The van der Waals surface area contributed by atoms with Crippen LogP contribution in [0.4, 0.5) is 4.39 Å². The molecule has 6 nitrogen and oxygen atoms in total. The lowest BCUT2D eigenvalue weighted by atomic mass is 10.2. The zero-order valence-corrected chi connectivity index (χ0v) is 12.0. The highest BCUT2D eigenvalue weighted by atomic mass is 35.5. The van der Waals surface area contributed by atoms with Crippen molar-refractivity contribution in [2.45, 2.75) is 11.7 Å². The molecule has 0 radical (unpaired) electrons. The van der Waals surface area contributed by atoms with Gasteiger partial charge >= 0.3 is 5.97 Å². The number of nitrogens with one attached hydrogen (secondary N) is 1. The van der Waals surface area contributed by atoms with Crippen LogP contribution in [0.25, 0.3) is 0 Å². The molecule has 0 saturated carbocycles. The lowest BCUT2D eigenvalue weighted by molar-refractivity contribution is -0.138. The Balaban J connectivity index is 2.07. The van der Waals surface area contributed by atoms with Crippen LogP contribution in [0.3, 0.4) is 0 Å². The van der Waals surface area contributed by atoms with E-state index in [4.69, 9.17) is 16.7 Å². The van der Waals surface area contributed by atoms with Gasteiger partial charge in [-0.2, -0.15) is 5.10 Å². The molecular weight excluding hydrogens is 321 g/mol. The monoisotopic (exact) mass is 329 g/mol. The third kappa shape index (κ3) is 4.02. The van der Waals surface area contributed by atoms with Gasteiger partial charge in [-0.1, -0.05) is 29.4 Å². The minimum atomic E-state index is -1.08. The van der Waals surface area contributed by atoms with Gasteiger partial charge < -0.3 is 10.4 Å². The number of aliphatic carboxylic acids is 1. The van der Waals surface area contributed by atoms with Crippen molar-refractivity contribution in [3.8, 4) is 0 Å². The van der Waals surface area contributed by atoms with Gasteiger partial charge in [0.2, 0.25) is 5.91 Å². The molecule has 1 heterocycles. The number of carboxylic acids is 1. The minimum Gasteiger partial charge on any atom is -0.481 e. The Kier molecular flexibility index (Phi) is 4.92. The van der Waals surface area contributed by atoms with Gasteiger partial charge in [0.1, 0.15) is 11.1 Å². The van der Waals surface area contributed by atoms with Crippen LogP contribution in [0, 0.1) is 5.82 Å². The highest BCUT2D eigenvalue weighted by Gasteiger charge is 2.32. The molecule has 1 aromatic carbocycles. The van der Waals surface area contributed by atoms with E-state index in [2.05, 4.69) is 15.5 Å². The standard InChI is InChI=1S/C12H9ClFN3O3S/c13-7-2-1-3-8(14)6(7)5-15-17-12-16-11(20)9(21-12)4-10(18)19/h1-3,5,9H,4H2,(H,18,19)(H,16,17,20). The fourth-order valence-electron chi connectivity index (χ4n) is 1.52. The lowest BCUT2D eigenvalue weighted by Crippen LogP contribution is -2.26. The van der Waals surface area contributed by atoms with Crippen LogP contribution in [0.1, 0.15) is 12.0 Å². The van der Waals surface area contributed by atoms with E-state index in [0.29, 0.717) is 0 Å². The molecular formula is C12H9ClFN3O3S. The maximum atomic E-state index is 13.5. The minimum absolute atomic E-state index is 0.0833. The number of hydrogen-bond donors (Lipinski definition) is 2. The summed E-state index contributed by atoms with van der Waals surface area (Å²) in [7, 11) is 0. The van der Waals surface area contributed by atoms with Crippen LogP contribution in [0.15, 0.2) is 28.4 Å². The predicted molar refractivity (Wildman–Crippen MR) is 78.2 cm³/mol. The SMILES string of the molecule is O=C(O)CC1SC(=NN=Cc2c(F)cccc2Cl)NC1=O. The number of halogens is 2. The van der Waals surface area contributed by atoms with Crippen LogP contribution in [-0.4, -0.2) is 33.6 Å². The summed E-state index contributed by atoms with van der Waals surface area (Å²) in [5.41, 5.74) is 0.0833. The first-order valence-electron chi connectivity index (χ1n) is 5.71. The van der Waals surface area contributed by atoms with E-state index >= 15 is 0 Å². The van der Waals surface area contributed by atoms with Crippen molar-refractivity contribution >= 4 is 46.6 Å². The number of amidine groups is 1. The van der Waals surface area contributed by atoms with Crippen molar-refractivity contribution in [2.75, 3.05) is 0 Å². The predicted octanol–water partition coefficient (Wildman–Crippen LogP) is 1.88. The molecule has 1 unspecified atom stereocenters. The normalized spacial score (nSPS) is 20.2. The first-order chi connectivity index (χ1) is 9.97. The molecule has 1 atom stereocenters. The van der Waals surface area contributed by atoms with Crippen LogP contribution >= 0.6 is 23.4 Å². The number of amides is 1. The number of carboxylic acid groups (broad SMARTS) is 1. The third-order valence-corrected chi connectivity index (χ3v) is 3.87. The molecule has 110 valence electrons. The quantitative estimate of drug-likeness (QED) is 0.651. The zero-order chi connectivity index (χ0) is 15.4. The highest BCUT2D eigenvalue weighted by molar-refractivity contribution is 8.15. The third-order valence-electron chi connectivity index (χ3n) is 2.47. The molecule has 1 fully saturated rings. The Morgan fingerprint density at radius 3 is 3.00 bits per heavy atom. The number of thioether (sulfide) groups is 1. The van der Waals surface area contributed by atoms with Gasteiger partial charge in [-0.25, -0.2) is 4.39 Å². The van der Waals surface area contributed by atoms with Crippen molar-refractivity contribution in [3.63, 3.8) is 0 Å². The number of hydrogen-bond acceptors (Lipinski definition) is 5. The van der Waals surface area contributed by atoms with Gasteiger partial charge in [-0.3, -0.25) is 9.59 Å². The van der Waals surface area contributed by atoms with E-state index in [9.17, 15) is 14.0 Å². The van der Waals surface area contributed by atoms with Gasteiger partial charge in [0.15, 0.2) is 5.17 Å². The summed E-state index contributed by atoms with van der Waals surface area (Å²) in [6, 6.07) is 4.20. The highest BCUT2D eigenvalue weighted by Crippen LogP contribution is 2.22. The summed E-state index contributed by atoms with van der Waals surface area (Å²) in [4.78, 5) is 22.0. The van der Waals surface area contributed by atoms with Crippen molar-refractivity contribution < 1.29 is 19.1 Å². The molecule has 1 saturated heterocycles. The summed E-state index contributed by atoms with van der Waals surface area (Å²) in [5.74, 6) is -2.07. The maximum absolute atomic E-state index is 13.5. The fourth-order valence-corrected chi connectivity index (χ4v) is 2.65. The molecule has 0 bridgehead atoms. The Bertz CT molecular complexity index is 630. The molecule has 1 aromatic rings. The Labute approximate surface area is 128 Å². The summed E-state index contributed by atoms with van der Waals surface area (Å²) in [5, 5.41) is 18.0. The second kappa shape index (κ2) is 6.68. The number of rotatable bonds is 4. The second-order valence-electron chi connectivity index (χ2n) is 3.98. The Morgan fingerprint density at radius 1 is 1.57 bits per heavy atom. The summed E-state index contributed by atoms with van der Waals surface area (Å²) in [6.07, 6.45) is 0.820. The van der Waals surface area contributed by atoms with Crippen LogP contribution in [0.5, 0.6) is 0 Å². The average molecular weight is 330 g/mol. The van der Waals surface area contributed by atoms with Crippen molar-refractivity contribution in [2.24, 2.45) is 10.2 Å². The smallest absolute Gasteiger partial charge is 0.305 e. The molecule has 1 aliphatic rings. The number of carbonyl (C=O) groups is 2. The average Bonchev–Trinajstić information content (AvgIpc) is 2.73. The van der Waals surface area contributed by atoms with Gasteiger partial charge in [0, 0.05) is 5.56 Å². The van der Waals surface area contributed by atoms with Crippen molar-refractivity contribution in [3.05, 3.63) is 34.6 Å². The topological polar surface area (TPSA) is 91.1 Å². The first kappa shape index (κ1) is 15.5. The maximum Gasteiger partial charge on any atom is 0.305 e. The van der Waals surface area contributed by atoms with E-state index in [1.807, 2.05) is 0 Å². The van der Waals surface area contributed by atoms with E-state index < -0.39 is 22.9 Å². The number of benzene rings is 1. The summed E-state index contributed by atoms with van der Waals surface area (Å²) >= 11 is 6.77. The van der Waals surface area contributed by atoms with Crippen LogP contribution in [0.2, 0.25) is 5.02 Å². The van der Waals surface area contributed by atoms with Crippen molar-refractivity contribution in [1.29, 1.82) is 0 Å². The Morgan fingerprint density at radius 2 is 2.33 bits per heavy atom. The van der Waals surface area contributed by atoms with Crippen molar-refractivity contribution in [1.82, 2.24) is 5.32 Å². The summed E-state index contributed by atoms with van der Waals surface area (Å²) in [6.45, 7) is 0. The molecule has 0 aliphatic carbocycles. The fraction of sp³-hybridized carbons (Fsp3) is 0.167. The van der Waals surface area contributed by atoms with Gasteiger partial charge in [-0.15, -0.1) is 5.10 Å². The molecule has 0 spiro atoms. The van der Waals surface area contributed by atoms with E-state index in [1.165, 1.54) is 18.2 Å². The largest absolute Gasteiger partial charge is 0.481 e. The molecule has 2 N–H and O–H groups in total.